The Hall–Kier alpha value is -1.26. The first kappa shape index (κ1) is 15.8. The van der Waals surface area contributed by atoms with Crippen molar-refractivity contribution in [2.24, 2.45) is 0 Å². The van der Waals surface area contributed by atoms with E-state index >= 15 is 0 Å². The Labute approximate surface area is 115 Å². The molecule has 4 heteroatoms. The molecule has 0 heterocycles. The van der Waals surface area contributed by atoms with E-state index in [0.717, 1.165) is 24.3 Å². The van der Waals surface area contributed by atoms with E-state index in [9.17, 15) is 5.11 Å². The summed E-state index contributed by atoms with van der Waals surface area (Å²) in [6, 6.07) is 7.59. The first-order valence-corrected chi connectivity index (χ1v) is 6.83. The molecular formula is C15H25NO3. The number of rotatable bonds is 9. The van der Waals surface area contributed by atoms with Crippen molar-refractivity contribution in [3.8, 4) is 11.5 Å². The fourth-order valence-electron chi connectivity index (χ4n) is 1.99. The minimum atomic E-state index is -0.190. The lowest BCUT2D eigenvalue weighted by atomic mass is 9.94. The number of aliphatic hydroxyl groups is 1. The van der Waals surface area contributed by atoms with Crippen LogP contribution in [0.4, 0.5) is 0 Å². The van der Waals surface area contributed by atoms with E-state index in [1.165, 1.54) is 0 Å². The van der Waals surface area contributed by atoms with Gasteiger partial charge in [0.05, 0.1) is 13.7 Å². The standard InChI is InChI=1S/C15H25NO3/c1-4-15(5-2,12-17)16-10-11-19-14-9-7-6-8-13(14)18-3/h6-9,16-17H,4-5,10-12H2,1-3H3. The third-order valence-corrected chi connectivity index (χ3v) is 3.58. The predicted octanol–water partition coefficient (Wildman–Crippen LogP) is 2.21. The predicted molar refractivity (Wildman–Crippen MR) is 76.9 cm³/mol. The average Bonchev–Trinajstić information content (AvgIpc) is 2.48. The summed E-state index contributed by atoms with van der Waals surface area (Å²) in [4.78, 5) is 0. The quantitative estimate of drug-likeness (QED) is 0.674. The molecule has 0 radical (unpaired) electrons. The van der Waals surface area contributed by atoms with Gasteiger partial charge >= 0.3 is 0 Å². The average molecular weight is 267 g/mol. The third-order valence-electron chi connectivity index (χ3n) is 3.58. The number of methoxy groups -OCH3 is 1. The highest BCUT2D eigenvalue weighted by Gasteiger charge is 2.23. The highest BCUT2D eigenvalue weighted by molar-refractivity contribution is 5.39. The lowest BCUT2D eigenvalue weighted by molar-refractivity contribution is 0.144. The summed E-state index contributed by atoms with van der Waals surface area (Å²) in [6.07, 6.45) is 1.79. The Bertz CT molecular complexity index is 356. The van der Waals surface area contributed by atoms with Crippen LogP contribution in [0.3, 0.4) is 0 Å². The molecular weight excluding hydrogens is 242 g/mol. The second-order valence-electron chi connectivity index (χ2n) is 4.57. The van der Waals surface area contributed by atoms with E-state index in [-0.39, 0.29) is 12.1 Å². The number of ether oxygens (including phenoxy) is 2. The molecule has 1 aromatic carbocycles. The SMILES string of the molecule is CCC(CC)(CO)NCCOc1ccccc1OC. The molecule has 0 amide bonds. The fourth-order valence-corrected chi connectivity index (χ4v) is 1.99. The Balaban J connectivity index is 2.42. The van der Waals surface area contributed by atoms with Gasteiger partial charge in [-0.1, -0.05) is 26.0 Å². The number of aliphatic hydroxyl groups excluding tert-OH is 1. The van der Waals surface area contributed by atoms with Crippen molar-refractivity contribution in [2.45, 2.75) is 32.2 Å². The van der Waals surface area contributed by atoms with E-state index in [1.54, 1.807) is 7.11 Å². The van der Waals surface area contributed by atoms with Crippen molar-refractivity contribution < 1.29 is 14.6 Å². The van der Waals surface area contributed by atoms with Crippen LogP contribution in [0.1, 0.15) is 26.7 Å². The van der Waals surface area contributed by atoms with E-state index in [2.05, 4.69) is 19.2 Å². The largest absolute Gasteiger partial charge is 0.493 e. The van der Waals surface area contributed by atoms with E-state index in [4.69, 9.17) is 9.47 Å². The minimum absolute atomic E-state index is 0.147. The van der Waals surface area contributed by atoms with Gasteiger partial charge in [-0.3, -0.25) is 0 Å². The molecule has 0 atom stereocenters. The fraction of sp³-hybridized carbons (Fsp3) is 0.600. The number of hydrogen-bond acceptors (Lipinski definition) is 4. The molecule has 0 saturated carbocycles. The third kappa shape index (κ3) is 4.40. The van der Waals surface area contributed by atoms with Crippen LogP contribution in [0.15, 0.2) is 24.3 Å². The summed E-state index contributed by atoms with van der Waals surface area (Å²) < 4.78 is 10.9. The van der Waals surface area contributed by atoms with Gasteiger partial charge in [0.25, 0.3) is 0 Å². The summed E-state index contributed by atoms with van der Waals surface area (Å²) in [7, 11) is 1.63. The Kier molecular flexibility index (Phi) is 6.67. The minimum Gasteiger partial charge on any atom is -0.493 e. The Morgan fingerprint density at radius 2 is 1.79 bits per heavy atom. The lowest BCUT2D eigenvalue weighted by Gasteiger charge is -2.30. The van der Waals surface area contributed by atoms with Crippen LogP contribution in [0.2, 0.25) is 0 Å². The maximum absolute atomic E-state index is 9.45. The molecule has 1 rings (SSSR count). The lowest BCUT2D eigenvalue weighted by Crippen LogP contribution is -2.48. The van der Waals surface area contributed by atoms with E-state index in [0.29, 0.717) is 13.2 Å². The van der Waals surface area contributed by atoms with Crippen molar-refractivity contribution >= 4 is 0 Å². The van der Waals surface area contributed by atoms with Crippen molar-refractivity contribution in [1.82, 2.24) is 5.32 Å². The number of para-hydroxylation sites is 2. The molecule has 0 aliphatic heterocycles. The Morgan fingerprint density at radius 3 is 2.32 bits per heavy atom. The van der Waals surface area contributed by atoms with Crippen molar-refractivity contribution in [3.05, 3.63) is 24.3 Å². The summed E-state index contributed by atoms with van der Waals surface area (Å²) in [5.41, 5.74) is -0.190. The van der Waals surface area contributed by atoms with Crippen molar-refractivity contribution in [1.29, 1.82) is 0 Å². The summed E-state index contributed by atoms with van der Waals surface area (Å²) in [5, 5.41) is 12.8. The van der Waals surface area contributed by atoms with Gasteiger partial charge in [-0.25, -0.2) is 0 Å². The van der Waals surface area contributed by atoms with Crippen LogP contribution in [0.25, 0.3) is 0 Å². The van der Waals surface area contributed by atoms with E-state index < -0.39 is 0 Å². The topological polar surface area (TPSA) is 50.7 Å². The maximum atomic E-state index is 9.45. The summed E-state index contributed by atoms with van der Waals surface area (Å²) in [5.74, 6) is 1.48. The molecule has 19 heavy (non-hydrogen) atoms. The van der Waals surface area contributed by atoms with Crippen LogP contribution in [-0.4, -0.2) is 37.5 Å². The smallest absolute Gasteiger partial charge is 0.161 e. The van der Waals surface area contributed by atoms with Gasteiger partial charge < -0.3 is 19.9 Å². The number of benzene rings is 1. The molecule has 2 N–H and O–H groups in total. The number of hydrogen-bond donors (Lipinski definition) is 2. The monoisotopic (exact) mass is 267 g/mol. The summed E-state index contributed by atoms with van der Waals surface area (Å²) >= 11 is 0. The first-order valence-electron chi connectivity index (χ1n) is 6.83. The zero-order chi connectivity index (χ0) is 14.1. The van der Waals surface area contributed by atoms with Crippen LogP contribution in [-0.2, 0) is 0 Å². The van der Waals surface area contributed by atoms with Gasteiger partial charge in [-0.05, 0) is 25.0 Å². The maximum Gasteiger partial charge on any atom is 0.161 e. The van der Waals surface area contributed by atoms with Gasteiger partial charge in [0.1, 0.15) is 6.61 Å². The summed E-state index contributed by atoms with van der Waals surface area (Å²) in [6.45, 7) is 5.54. The van der Waals surface area contributed by atoms with E-state index in [1.807, 2.05) is 24.3 Å². The molecule has 0 fully saturated rings. The molecule has 0 saturated heterocycles. The first-order chi connectivity index (χ1) is 9.21. The molecule has 0 spiro atoms. The van der Waals surface area contributed by atoms with Crippen molar-refractivity contribution in [2.75, 3.05) is 26.9 Å². The van der Waals surface area contributed by atoms with Gasteiger partial charge in [0.2, 0.25) is 0 Å². The molecule has 108 valence electrons. The van der Waals surface area contributed by atoms with Crippen LogP contribution in [0.5, 0.6) is 11.5 Å². The van der Waals surface area contributed by atoms with Crippen LogP contribution < -0.4 is 14.8 Å². The zero-order valence-electron chi connectivity index (χ0n) is 12.1. The molecule has 1 aromatic rings. The number of nitrogens with one attached hydrogen (secondary N) is 1. The molecule has 0 aliphatic rings. The van der Waals surface area contributed by atoms with Crippen LogP contribution in [0, 0.1) is 0 Å². The van der Waals surface area contributed by atoms with Gasteiger partial charge in [-0.2, -0.15) is 0 Å². The molecule has 0 aliphatic carbocycles. The molecule has 4 nitrogen and oxygen atoms in total. The molecule has 0 bridgehead atoms. The second kappa shape index (κ2) is 8.02. The molecule has 0 aromatic heterocycles. The second-order valence-corrected chi connectivity index (χ2v) is 4.57. The molecule has 0 unspecified atom stereocenters. The Morgan fingerprint density at radius 1 is 1.16 bits per heavy atom. The zero-order valence-corrected chi connectivity index (χ0v) is 12.1. The van der Waals surface area contributed by atoms with Crippen LogP contribution >= 0.6 is 0 Å². The normalized spacial score (nSPS) is 11.4. The van der Waals surface area contributed by atoms with Gasteiger partial charge in [0.15, 0.2) is 11.5 Å². The van der Waals surface area contributed by atoms with Gasteiger partial charge in [0, 0.05) is 12.1 Å². The van der Waals surface area contributed by atoms with Crippen molar-refractivity contribution in [3.63, 3.8) is 0 Å². The highest BCUT2D eigenvalue weighted by Crippen LogP contribution is 2.25. The highest BCUT2D eigenvalue weighted by atomic mass is 16.5. The van der Waals surface area contributed by atoms with Gasteiger partial charge in [-0.15, -0.1) is 0 Å².